The van der Waals surface area contributed by atoms with E-state index >= 15 is 0 Å². The lowest BCUT2D eigenvalue weighted by Gasteiger charge is -2.36. The second kappa shape index (κ2) is 10.6. The monoisotopic (exact) mass is 535 g/mol. The Labute approximate surface area is 191 Å². The van der Waals surface area contributed by atoms with E-state index in [4.69, 9.17) is 19.4 Å². The van der Waals surface area contributed by atoms with Crippen LogP contribution in [0.4, 0.5) is 0 Å². The first-order chi connectivity index (χ1) is 13.8. The van der Waals surface area contributed by atoms with Crippen LogP contribution in [0.5, 0.6) is 0 Å². The number of unbranched alkanes of at least 4 members (excludes halogenated alkanes) is 1. The first-order valence-corrected chi connectivity index (χ1v) is 11.1. The third kappa shape index (κ3) is 5.42. The first-order valence-electron chi connectivity index (χ1n) is 9.72. The number of methoxy groups -OCH3 is 1. The van der Waals surface area contributed by atoms with Crippen LogP contribution in [-0.2, 0) is 22.2 Å². The number of Topliss-reactive ketones (excluding diaryl/α,β-unsaturated/α-hetero) is 1. The minimum atomic E-state index is -0.798. The molecule has 0 saturated heterocycles. The fraction of sp³-hybridized carbons (Fsp3) is 0.571. The van der Waals surface area contributed by atoms with Crippen molar-refractivity contribution in [1.29, 1.82) is 0 Å². The molecule has 1 aliphatic heterocycles. The average Bonchev–Trinajstić information content (AvgIpc) is 2.71. The molecule has 0 aromatic carbocycles. The summed E-state index contributed by atoms with van der Waals surface area (Å²) in [6, 6.07) is 0. The molecule has 29 heavy (non-hydrogen) atoms. The molecule has 8 heteroatoms. The van der Waals surface area contributed by atoms with Crippen LogP contribution in [0.3, 0.4) is 0 Å². The van der Waals surface area contributed by atoms with Gasteiger partial charge in [0.25, 0.3) is 5.91 Å². The summed E-state index contributed by atoms with van der Waals surface area (Å²) in [5.41, 5.74) is 0.465. The Hall–Kier alpha value is -1.35. The van der Waals surface area contributed by atoms with Crippen LogP contribution in [0.15, 0.2) is 34.8 Å². The lowest BCUT2D eigenvalue weighted by atomic mass is 9.75. The van der Waals surface area contributed by atoms with Crippen molar-refractivity contribution >= 4 is 52.2 Å². The fourth-order valence-corrected chi connectivity index (χ4v) is 4.46. The highest BCUT2D eigenvalue weighted by molar-refractivity contribution is 14.1. The van der Waals surface area contributed by atoms with Gasteiger partial charge < -0.3 is 7.80 Å². The number of hydrogen-bond acceptors (Lipinski definition) is 5. The number of ketones is 1. The van der Waals surface area contributed by atoms with E-state index in [-0.39, 0.29) is 35.7 Å². The summed E-state index contributed by atoms with van der Waals surface area (Å²) >= 11 is 7.53. The standard InChI is InChI=1S/C21H27ClINO5/c1-4-5-8-21(2,20(27)24-9-6-7-15(13-22)19(24)26)12-14-10-16(25)18(29-23)17(11-14)28-3/h7,11H,4-6,8-10,12-13H2,1-3H3. The van der Waals surface area contributed by atoms with Crippen LogP contribution in [0.1, 0.15) is 52.4 Å². The minimum Gasteiger partial charge on any atom is -0.493 e. The summed E-state index contributed by atoms with van der Waals surface area (Å²) < 4.78 is 10.4. The molecule has 0 aromatic heterocycles. The van der Waals surface area contributed by atoms with E-state index in [0.29, 0.717) is 37.1 Å². The van der Waals surface area contributed by atoms with Crippen molar-refractivity contribution in [1.82, 2.24) is 4.90 Å². The Morgan fingerprint density at radius 2 is 2.10 bits per heavy atom. The molecule has 2 aliphatic rings. The maximum Gasteiger partial charge on any atom is 0.257 e. The number of rotatable bonds is 9. The molecule has 0 saturated carbocycles. The molecule has 0 bridgehead atoms. The predicted octanol–water partition coefficient (Wildman–Crippen LogP) is 4.62. The van der Waals surface area contributed by atoms with Crippen molar-refractivity contribution in [3.05, 3.63) is 34.8 Å². The van der Waals surface area contributed by atoms with E-state index in [0.717, 1.165) is 18.4 Å². The molecule has 1 atom stereocenters. The lowest BCUT2D eigenvalue weighted by Crippen LogP contribution is -2.48. The van der Waals surface area contributed by atoms with Gasteiger partial charge in [0.2, 0.25) is 17.4 Å². The maximum absolute atomic E-state index is 13.5. The Morgan fingerprint density at radius 1 is 1.38 bits per heavy atom. The summed E-state index contributed by atoms with van der Waals surface area (Å²) in [6.45, 7) is 4.29. The molecule has 160 valence electrons. The van der Waals surface area contributed by atoms with Gasteiger partial charge >= 0.3 is 0 Å². The van der Waals surface area contributed by atoms with E-state index in [1.54, 1.807) is 35.2 Å². The predicted molar refractivity (Wildman–Crippen MR) is 119 cm³/mol. The molecule has 0 fully saturated rings. The second-order valence-electron chi connectivity index (χ2n) is 7.63. The van der Waals surface area contributed by atoms with Crippen LogP contribution < -0.4 is 0 Å². The van der Waals surface area contributed by atoms with Gasteiger partial charge in [0, 0.05) is 18.5 Å². The minimum absolute atomic E-state index is 0.0923. The number of amides is 2. The van der Waals surface area contributed by atoms with Gasteiger partial charge in [-0.1, -0.05) is 38.3 Å². The molecule has 0 radical (unpaired) electrons. The zero-order valence-electron chi connectivity index (χ0n) is 17.1. The summed E-state index contributed by atoms with van der Waals surface area (Å²) in [7, 11) is 1.48. The summed E-state index contributed by atoms with van der Waals surface area (Å²) in [6.07, 6.45) is 7.12. The molecule has 6 nitrogen and oxygen atoms in total. The Balaban J connectivity index is 2.33. The molecule has 2 rings (SSSR count). The third-order valence-corrected chi connectivity index (χ3v) is 6.09. The number of hydrogen-bond donors (Lipinski definition) is 0. The van der Waals surface area contributed by atoms with Gasteiger partial charge in [-0.2, -0.15) is 0 Å². The Bertz CT molecular complexity index is 773. The number of ether oxygens (including phenoxy) is 1. The van der Waals surface area contributed by atoms with E-state index in [1.807, 2.05) is 6.92 Å². The molecular formula is C21H27ClINO5. The topological polar surface area (TPSA) is 72.9 Å². The zero-order chi connectivity index (χ0) is 21.6. The van der Waals surface area contributed by atoms with Crippen LogP contribution in [0.2, 0.25) is 0 Å². The van der Waals surface area contributed by atoms with Gasteiger partial charge in [-0.05, 0) is 25.3 Å². The number of carbonyl (C=O) groups is 3. The van der Waals surface area contributed by atoms with Crippen LogP contribution >= 0.6 is 34.6 Å². The number of allylic oxidation sites excluding steroid dienone is 3. The molecular weight excluding hydrogens is 509 g/mol. The summed E-state index contributed by atoms with van der Waals surface area (Å²) in [5, 5.41) is 0. The maximum atomic E-state index is 13.5. The normalized spacial score (nSPS) is 19.6. The Kier molecular flexibility index (Phi) is 8.75. The number of nitrogens with zero attached hydrogens (tertiary/aromatic N) is 1. The van der Waals surface area contributed by atoms with E-state index in [9.17, 15) is 14.4 Å². The van der Waals surface area contributed by atoms with Gasteiger partial charge in [-0.25, -0.2) is 0 Å². The smallest absolute Gasteiger partial charge is 0.257 e. The van der Waals surface area contributed by atoms with Gasteiger partial charge in [0.05, 0.1) is 18.4 Å². The second-order valence-corrected chi connectivity index (χ2v) is 8.34. The molecule has 0 spiro atoms. The quantitative estimate of drug-likeness (QED) is 0.318. The van der Waals surface area contributed by atoms with Crippen molar-refractivity contribution in [2.75, 3.05) is 19.5 Å². The molecule has 0 N–H and O–H groups in total. The van der Waals surface area contributed by atoms with Crippen molar-refractivity contribution in [3.63, 3.8) is 0 Å². The molecule has 0 aromatic rings. The number of imide groups is 1. The highest BCUT2D eigenvalue weighted by Gasteiger charge is 2.41. The highest BCUT2D eigenvalue weighted by atomic mass is 127. The number of alkyl halides is 1. The number of carbonyl (C=O) groups excluding carboxylic acids is 3. The summed E-state index contributed by atoms with van der Waals surface area (Å²) in [4.78, 5) is 39.9. The van der Waals surface area contributed by atoms with Gasteiger partial charge in [0.15, 0.2) is 28.8 Å². The highest BCUT2D eigenvalue weighted by Crippen LogP contribution is 2.38. The van der Waals surface area contributed by atoms with Crippen LogP contribution in [0.25, 0.3) is 0 Å². The number of halogens is 2. The van der Waals surface area contributed by atoms with E-state index in [1.165, 1.54) is 12.0 Å². The van der Waals surface area contributed by atoms with Gasteiger partial charge in [-0.3, -0.25) is 19.3 Å². The molecule has 1 unspecified atom stereocenters. The van der Waals surface area contributed by atoms with E-state index in [2.05, 4.69) is 6.92 Å². The lowest BCUT2D eigenvalue weighted by molar-refractivity contribution is -0.150. The van der Waals surface area contributed by atoms with Crippen LogP contribution in [-0.4, -0.2) is 42.0 Å². The van der Waals surface area contributed by atoms with Crippen molar-refractivity contribution in [2.45, 2.75) is 52.4 Å². The van der Waals surface area contributed by atoms with Crippen molar-refractivity contribution < 1.29 is 22.2 Å². The average molecular weight is 536 g/mol. The third-order valence-electron chi connectivity index (χ3n) is 5.37. The van der Waals surface area contributed by atoms with Crippen LogP contribution in [0, 0.1) is 5.41 Å². The zero-order valence-corrected chi connectivity index (χ0v) is 20.0. The fourth-order valence-electron chi connectivity index (χ4n) is 3.77. The van der Waals surface area contributed by atoms with Crippen molar-refractivity contribution in [3.8, 4) is 0 Å². The Morgan fingerprint density at radius 3 is 2.69 bits per heavy atom. The van der Waals surface area contributed by atoms with Crippen molar-refractivity contribution in [2.24, 2.45) is 5.41 Å². The SMILES string of the molecule is CCCCC(C)(CC1=CC(OC)=C(OI)C(=O)C1)C(=O)N1CCC=C(CCl)C1=O. The summed E-state index contributed by atoms with van der Waals surface area (Å²) in [5.74, 6) is -0.0707. The van der Waals surface area contributed by atoms with Gasteiger partial charge in [-0.15, -0.1) is 11.6 Å². The molecule has 1 aliphatic carbocycles. The largest absolute Gasteiger partial charge is 0.493 e. The molecule has 2 amide bonds. The van der Waals surface area contributed by atoms with E-state index < -0.39 is 5.41 Å². The first kappa shape index (κ1) is 23.9. The molecule has 1 heterocycles. The van der Waals surface area contributed by atoms with Gasteiger partial charge in [0.1, 0.15) is 0 Å².